The minimum atomic E-state index is -0.593. The summed E-state index contributed by atoms with van der Waals surface area (Å²) >= 11 is 0. The zero-order valence-corrected chi connectivity index (χ0v) is 16.0. The van der Waals surface area contributed by atoms with Gasteiger partial charge in [-0.3, -0.25) is 14.3 Å². The Bertz CT molecular complexity index is 851. The Morgan fingerprint density at radius 1 is 1.22 bits per heavy atom. The van der Waals surface area contributed by atoms with Crippen LogP contribution in [0.2, 0.25) is 0 Å². The molecule has 2 aromatic rings. The van der Waals surface area contributed by atoms with E-state index in [1.807, 2.05) is 0 Å². The summed E-state index contributed by atoms with van der Waals surface area (Å²) in [6.07, 6.45) is 4.07. The summed E-state index contributed by atoms with van der Waals surface area (Å²) < 4.78 is 6.96. The first-order chi connectivity index (χ1) is 12.9. The van der Waals surface area contributed by atoms with Gasteiger partial charge in [0.1, 0.15) is 11.4 Å². The molecule has 3 N–H and O–H groups in total. The number of para-hydroxylation sites is 1. The number of aryl methyl sites for hydroxylation is 1. The van der Waals surface area contributed by atoms with Crippen LogP contribution in [0.25, 0.3) is 0 Å². The summed E-state index contributed by atoms with van der Waals surface area (Å²) in [5.74, 6) is 0.181. The van der Waals surface area contributed by atoms with E-state index in [0.29, 0.717) is 28.6 Å². The Hall–Kier alpha value is -2.83. The van der Waals surface area contributed by atoms with Gasteiger partial charge in [-0.25, -0.2) is 0 Å². The number of nitrogens with zero attached hydrogens (tertiary/aromatic N) is 2. The highest BCUT2D eigenvalue weighted by Gasteiger charge is 2.28. The van der Waals surface area contributed by atoms with Crippen molar-refractivity contribution in [2.75, 3.05) is 12.4 Å². The smallest absolute Gasteiger partial charge is 0.269 e. The standard InChI is InChI=1S/C20H26N4O3/c1-12-8-10-14(11-9-12)24-18(19(21)25)17(13(2)23-24)22-20(26)15-6-4-5-7-16(15)27-3/h4-7,12,14H,8-11H2,1-3H3,(H2,21,25)(H,22,26)/t12-,14+. The summed E-state index contributed by atoms with van der Waals surface area (Å²) in [5.41, 5.74) is 7.25. The minimum absolute atomic E-state index is 0.124. The van der Waals surface area contributed by atoms with Crippen LogP contribution < -0.4 is 15.8 Å². The lowest BCUT2D eigenvalue weighted by molar-refractivity contribution is 0.0985. The predicted molar refractivity (Wildman–Crippen MR) is 103 cm³/mol. The van der Waals surface area contributed by atoms with E-state index in [1.54, 1.807) is 35.9 Å². The van der Waals surface area contributed by atoms with Gasteiger partial charge < -0.3 is 15.8 Å². The van der Waals surface area contributed by atoms with Crippen LogP contribution in [0.4, 0.5) is 5.69 Å². The van der Waals surface area contributed by atoms with Gasteiger partial charge in [-0.2, -0.15) is 5.10 Å². The van der Waals surface area contributed by atoms with Crippen molar-refractivity contribution >= 4 is 17.5 Å². The normalized spacial score (nSPS) is 19.5. The molecule has 1 saturated carbocycles. The van der Waals surface area contributed by atoms with Gasteiger partial charge in [0, 0.05) is 0 Å². The summed E-state index contributed by atoms with van der Waals surface area (Å²) in [6, 6.07) is 7.05. The average Bonchev–Trinajstić information content (AvgIpc) is 2.98. The fourth-order valence-corrected chi connectivity index (χ4v) is 3.70. The number of hydrogen-bond acceptors (Lipinski definition) is 4. The monoisotopic (exact) mass is 370 g/mol. The number of methoxy groups -OCH3 is 1. The van der Waals surface area contributed by atoms with Crippen LogP contribution in [0, 0.1) is 12.8 Å². The van der Waals surface area contributed by atoms with Gasteiger partial charge in [-0.05, 0) is 50.7 Å². The highest BCUT2D eigenvalue weighted by molar-refractivity contribution is 6.09. The van der Waals surface area contributed by atoms with Crippen LogP contribution >= 0.6 is 0 Å². The van der Waals surface area contributed by atoms with Gasteiger partial charge in [-0.1, -0.05) is 19.1 Å². The molecule has 0 unspecified atom stereocenters. The first-order valence-corrected chi connectivity index (χ1v) is 9.25. The molecule has 1 aliphatic rings. The van der Waals surface area contributed by atoms with Crippen LogP contribution in [0.1, 0.15) is 65.2 Å². The Morgan fingerprint density at radius 3 is 2.52 bits per heavy atom. The lowest BCUT2D eigenvalue weighted by Crippen LogP contribution is -2.25. The Kier molecular flexibility index (Phi) is 5.48. The van der Waals surface area contributed by atoms with Crippen molar-refractivity contribution < 1.29 is 14.3 Å². The maximum Gasteiger partial charge on any atom is 0.269 e. The first-order valence-electron chi connectivity index (χ1n) is 9.25. The van der Waals surface area contributed by atoms with Crippen molar-refractivity contribution in [2.24, 2.45) is 11.7 Å². The molecule has 0 saturated heterocycles. The number of aromatic nitrogens is 2. The number of rotatable bonds is 5. The molecular formula is C20H26N4O3. The van der Waals surface area contributed by atoms with Gasteiger partial charge in [0.2, 0.25) is 0 Å². The number of carbonyl (C=O) groups is 2. The molecule has 1 aromatic carbocycles. The molecule has 27 heavy (non-hydrogen) atoms. The summed E-state index contributed by atoms with van der Waals surface area (Å²) in [7, 11) is 1.51. The third-order valence-electron chi connectivity index (χ3n) is 5.24. The van der Waals surface area contributed by atoms with E-state index in [0.717, 1.165) is 25.7 Å². The van der Waals surface area contributed by atoms with Crippen molar-refractivity contribution in [3.63, 3.8) is 0 Å². The lowest BCUT2D eigenvalue weighted by Gasteiger charge is -2.27. The molecule has 0 radical (unpaired) electrons. The number of primary amides is 1. The highest BCUT2D eigenvalue weighted by atomic mass is 16.5. The van der Waals surface area contributed by atoms with Crippen LogP contribution in [0.5, 0.6) is 5.75 Å². The summed E-state index contributed by atoms with van der Waals surface area (Å²) in [5, 5.41) is 7.36. The third-order valence-corrected chi connectivity index (χ3v) is 5.24. The van der Waals surface area contributed by atoms with Crippen LogP contribution in [0.15, 0.2) is 24.3 Å². The lowest BCUT2D eigenvalue weighted by atomic mass is 9.87. The number of nitrogens with two attached hydrogens (primary N) is 1. The summed E-state index contributed by atoms with van der Waals surface area (Å²) in [4.78, 5) is 25.0. The van der Waals surface area contributed by atoms with Gasteiger partial charge in [0.05, 0.1) is 30.1 Å². The number of anilines is 1. The fourth-order valence-electron chi connectivity index (χ4n) is 3.70. The number of hydrogen-bond donors (Lipinski definition) is 2. The number of carbonyl (C=O) groups excluding carboxylic acids is 2. The predicted octanol–water partition coefficient (Wildman–Crippen LogP) is 3.30. The van der Waals surface area contributed by atoms with E-state index in [1.165, 1.54) is 7.11 Å². The molecule has 0 spiro atoms. The van der Waals surface area contributed by atoms with E-state index in [9.17, 15) is 9.59 Å². The second kappa shape index (κ2) is 7.82. The van der Waals surface area contributed by atoms with Crippen LogP contribution in [-0.2, 0) is 0 Å². The Morgan fingerprint density at radius 2 is 1.89 bits per heavy atom. The fraction of sp³-hybridized carbons (Fsp3) is 0.450. The zero-order chi connectivity index (χ0) is 19.6. The van der Waals surface area contributed by atoms with Crippen molar-refractivity contribution in [1.29, 1.82) is 0 Å². The highest BCUT2D eigenvalue weighted by Crippen LogP contribution is 2.35. The minimum Gasteiger partial charge on any atom is -0.496 e. The molecule has 1 heterocycles. The Labute approximate surface area is 158 Å². The van der Waals surface area contributed by atoms with Gasteiger partial charge in [0.15, 0.2) is 0 Å². The van der Waals surface area contributed by atoms with E-state index < -0.39 is 5.91 Å². The molecule has 0 aliphatic heterocycles. The van der Waals surface area contributed by atoms with Crippen LogP contribution in [-0.4, -0.2) is 28.7 Å². The molecule has 0 bridgehead atoms. The van der Waals surface area contributed by atoms with E-state index >= 15 is 0 Å². The number of amides is 2. The quantitative estimate of drug-likeness (QED) is 0.843. The Balaban J connectivity index is 1.93. The molecule has 3 rings (SSSR count). The maximum atomic E-state index is 12.8. The second-order valence-corrected chi connectivity index (χ2v) is 7.19. The number of nitrogens with one attached hydrogen (secondary N) is 1. The second-order valence-electron chi connectivity index (χ2n) is 7.19. The SMILES string of the molecule is COc1ccccc1C(=O)Nc1c(C)nn([C@H]2CC[C@@H](C)CC2)c1C(N)=O. The molecule has 1 aliphatic carbocycles. The van der Waals surface area contributed by atoms with E-state index in [2.05, 4.69) is 17.3 Å². The maximum absolute atomic E-state index is 12.8. The molecule has 144 valence electrons. The topological polar surface area (TPSA) is 99.2 Å². The van der Waals surface area contributed by atoms with Crippen molar-refractivity contribution in [3.8, 4) is 5.75 Å². The average molecular weight is 370 g/mol. The van der Waals surface area contributed by atoms with Crippen molar-refractivity contribution in [2.45, 2.75) is 45.6 Å². The van der Waals surface area contributed by atoms with E-state index in [-0.39, 0.29) is 17.6 Å². The number of ether oxygens (including phenoxy) is 1. The molecule has 1 aromatic heterocycles. The molecule has 1 fully saturated rings. The van der Waals surface area contributed by atoms with Gasteiger partial charge in [0.25, 0.3) is 11.8 Å². The zero-order valence-electron chi connectivity index (χ0n) is 16.0. The van der Waals surface area contributed by atoms with E-state index in [4.69, 9.17) is 10.5 Å². The molecule has 7 heteroatoms. The molecular weight excluding hydrogens is 344 g/mol. The molecule has 7 nitrogen and oxygen atoms in total. The van der Waals surface area contributed by atoms with Crippen molar-refractivity contribution in [3.05, 3.63) is 41.2 Å². The van der Waals surface area contributed by atoms with Gasteiger partial charge in [-0.15, -0.1) is 0 Å². The largest absolute Gasteiger partial charge is 0.496 e. The first kappa shape index (κ1) is 18.9. The van der Waals surface area contributed by atoms with Gasteiger partial charge >= 0.3 is 0 Å². The third kappa shape index (κ3) is 3.82. The molecule has 0 atom stereocenters. The van der Waals surface area contributed by atoms with Crippen molar-refractivity contribution in [1.82, 2.24) is 9.78 Å². The number of benzene rings is 1. The molecule has 2 amide bonds. The van der Waals surface area contributed by atoms with Crippen LogP contribution in [0.3, 0.4) is 0 Å². The summed E-state index contributed by atoms with van der Waals surface area (Å²) in [6.45, 7) is 4.00.